The lowest BCUT2D eigenvalue weighted by molar-refractivity contribution is 0.795. The summed E-state index contributed by atoms with van der Waals surface area (Å²) in [5, 5.41) is 0.792. The molecule has 0 saturated heterocycles. The fourth-order valence-corrected chi connectivity index (χ4v) is 0.996. The van der Waals surface area contributed by atoms with Crippen molar-refractivity contribution in [3.8, 4) is 0 Å². The van der Waals surface area contributed by atoms with Gasteiger partial charge in [-0.15, -0.1) is 0 Å². The molecule has 0 rings (SSSR count). The van der Waals surface area contributed by atoms with Crippen molar-refractivity contribution < 1.29 is 0 Å². The molecule has 7 heavy (non-hydrogen) atoms. The van der Waals surface area contributed by atoms with Crippen LogP contribution in [-0.4, -0.2) is 5.25 Å². The molecule has 0 heterocycles. The third kappa shape index (κ3) is 2.98. The van der Waals surface area contributed by atoms with Crippen molar-refractivity contribution in [3.63, 3.8) is 0 Å². The first-order valence-electron chi connectivity index (χ1n) is 2.76. The van der Waals surface area contributed by atoms with E-state index in [4.69, 9.17) is 0 Å². The third-order valence-electron chi connectivity index (χ3n) is 1.15. The number of hydrogen-bond donors (Lipinski definition) is 0. The summed E-state index contributed by atoms with van der Waals surface area (Å²) in [5.41, 5.74) is 0. The van der Waals surface area contributed by atoms with Crippen LogP contribution in [0.2, 0.25) is 0 Å². The lowest BCUT2D eigenvalue weighted by Gasteiger charge is -2.04. The maximum Gasteiger partial charge on any atom is 0.00421 e. The minimum Gasteiger partial charge on any atom is -0.158 e. The molecule has 0 aliphatic rings. The van der Waals surface area contributed by atoms with Gasteiger partial charge in [0.05, 0.1) is 0 Å². The first kappa shape index (κ1) is 7.35. The van der Waals surface area contributed by atoms with E-state index in [1.165, 1.54) is 12.8 Å². The molecule has 0 atom stereocenters. The van der Waals surface area contributed by atoms with Crippen LogP contribution in [-0.2, 0) is 0 Å². The van der Waals surface area contributed by atoms with Crippen LogP contribution in [0.15, 0.2) is 0 Å². The molecule has 0 nitrogen and oxygen atoms in total. The summed E-state index contributed by atoms with van der Waals surface area (Å²) >= 11 is 1.72. The normalized spacial score (nSPS) is 10.3. The monoisotopic (exact) mass is 117 g/mol. The minimum absolute atomic E-state index is 0.792. The van der Waals surface area contributed by atoms with E-state index in [0.29, 0.717) is 0 Å². The average molecular weight is 117 g/mol. The molecule has 0 saturated carbocycles. The Balaban J connectivity index is 2.99. The second-order valence-corrected chi connectivity index (χ2v) is 2.61. The maximum atomic E-state index is 3.74. The van der Waals surface area contributed by atoms with Gasteiger partial charge in [-0.3, -0.25) is 0 Å². The van der Waals surface area contributed by atoms with Gasteiger partial charge in [0.2, 0.25) is 0 Å². The summed E-state index contributed by atoms with van der Waals surface area (Å²) in [7, 11) is 0. The van der Waals surface area contributed by atoms with Gasteiger partial charge in [0.15, 0.2) is 0 Å². The van der Waals surface area contributed by atoms with Crippen molar-refractivity contribution in [2.75, 3.05) is 0 Å². The van der Waals surface area contributed by atoms with Crippen LogP contribution in [0.25, 0.3) is 0 Å². The lowest BCUT2D eigenvalue weighted by atomic mass is 10.3. The second-order valence-electron chi connectivity index (χ2n) is 1.61. The minimum atomic E-state index is 0.792. The lowest BCUT2D eigenvalue weighted by Crippen LogP contribution is -1.93. The Morgan fingerprint density at radius 2 is 1.86 bits per heavy atom. The van der Waals surface area contributed by atoms with Crippen LogP contribution in [0.1, 0.15) is 26.7 Å². The quantitative estimate of drug-likeness (QED) is 0.547. The van der Waals surface area contributed by atoms with Crippen LogP contribution in [0.5, 0.6) is 0 Å². The zero-order valence-corrected chi connectivity index (χ0v) is 5.92. The molecular formula is C6H13S. The zero-order chi connectivity index (χ0) is 5.70. The fourth-order valence-electron chi connectivity index (χ4n) is 0.524. The Morgan fingerprint density at radius 1 is 1.43 bits per heavy atom. The van der Waals surface area contributed by atoms with Gasteiger partial charge in [-0.05, 0) is 12.8 Å². The molecule has 0 aromatic rings. The van der Waals surface area contributed by atoms with Crippen molar-refractivity contribution in [2.24, 2.45) is 0 Å². The second kappa shape index (κ2) is 4.51. The summed E-state index contributed by atoms with van der Waals surface area (Å²) in [6.07, 6.45) is 6.25. The van der Waals surface area contributed by atoms with E-state index in [-0.39, 0.29) is 0 Å². The molecule has 0 aliphatic heterocycles. The van der Waals surface area contributed by atoms with E-state index in [0.717, 1.165) is 5.25 Å². The molecular weight excluding hydrogens is 104 g/mol. The van der Waals surface area contributed by atoms with Crippen molar-refractivity contribution in [1.29, 1.82) is 0 Å². The molecule has 43 valence electrons. The summed E-state index contributed by atoms with van der Waals surface area (Å²) in [4.78, 5) is 0. The van der Waals surface area contributed by atoms with Crippen molar-refractivity contribution in [1.82, 2.24) is 0 Å². The molecule has 1 heteroatoms. The van der Waals surface area contributed by atoms with Gasteiger partial charge in [-0.1, -0.05) is 13.8 Å². The van der Waals surface area contributed by atoms with E-state index in [2.05, 4.69) is 20.1 Å². The molecule has 0 unspecified atom stereocenters. The van der Waals surface area contributed by atoms with Gasteiger partial charge < -0.3 is 0 Å². The van der Waals surface area contributed by atoms with Crippen LogP contribution in [0, 0.1) is 6.26 Å². The average Bonchev–Trinajstić information content (AvgIpc) is 1.72. The van der Waals surface area contributed by atoms with E-state index in [1.54, 1.807) is 11.8 Å². The van der Waals surface area contributed by atoms with Crippen molar-refractivity contribution in [3.05, 3.63) is 6.26 Å². The van der Waals surface area contributed by atoms with E-state index < -0.39 is 0 Å². The highest BCUT2D eigenvalue weighted by molar-refractivity contribution is 8.01. The number of thioether (sulfide) groups is 1. The van der Waals surface area contributed by atoms with Crippen LogP contribution >= 0.6 is 11.8 Å². The summed E-state index contributed by atoms with van der Waals surface area (Å²) < 4.78 is 0. The number of rotatable bonds is 3. The van der Waals surface area contributed by atoms with Crippen LogP contribution in [0.4, 0.5) is 0 Å². The van der Waals surface area contributed by atoms with E-state index in [1.807, 2.05) is 0 Å². The molecule has 0 fully saturated rings. The van der Waals surface area contributed by atoms with E-state index >= 15 is 0 Å². The first-order chi connectivity index (χ1) is 3.35. The first-order valence-corrected chi connectivity index (χ1v) is 3.80. The zero-order valence-electron chi connectivity index (χ0n) is 5.11. The molecule has 0 aromatic heterocycles. The molecule has 0 spiro atoms. The molecule has 1 radical (unpaired) electrons. The van der Waals surface area contributed by atoms with Crippen molar-refractivity contribution in [2.45, 2.75) is 31.9 Å². The SMILES string of the molecule is [CH2]SC(CC)CC. The molecule has 0 bridgehead atoms. The molecule has 0 aromatic carbocycles. The Bertz CT molecular complexity index is 25.7. The summed E-state index contributed by atoms with van der Waals surface area (Å²) in [5.74, 6) is 0. The molecule has 0 aliphatic carbocycles. The van der Waals surface area contributed by atoms with Gasteiger partial charge in [0, 0.05) is 11.5 Å². The Kier molecular flexibility index (Phi) is 4.73. The summed E-state index contributed by atoms with van der Waals surface area (Å²) in [6.45, 7) is 4.40. The predicted molar refractivity (Wildman–Crippen MR) is 37.3 cm³/mol. The molecule has 0 N–H and O–H groups in total. The van der Waals surface area contributed by atoms with E-state index in [9.17, 15) is 0 Å². The molecule has 0 amide bonds. The Morgan fingerprint density at radius 3 is 1.86 bits per heavy atom. The smallest absolute Gasteiger partial charge is 0.00421 e. The maximum absolute atomic E-state index is 3.74. The highest BCUT2D eigenvalue weighted by atomic mass is 32.2. The van der Waals surface area contributed by atoms with Gasteiger partial charge in [-0.25, -0.2) is 0 Å². The highest BCUT2D eigenvalue weighted by Gasteiger charge is 1.96. The van der Waals surface area contributed by atoms with Crippen LogP contribution < -0.4 is 0 Å². The van der Waals surface area contributed by atoms with Crippen molar-refractivity contribution >= 4 is 11.8 Å². The highest BCUT2D eigenvalue weighted by Crippen LogP contribution is 2.14. The third-order valence-corrected chi connectivity index (χ3v) is 2.28. The van der Waals surface area contributed by atoms with Gasteiger partial charge >= 0.3 is 0 Å². The van der Waals surface area contributed by atoms with Gasteiger partial charge in [0.25, 0.3) is 0 Å². The Labute approximate surface area is 50.7 Å². The fraction of sp³-hybridized carbons (Fsp3) is 0.833. The van der Waals surface area contributed by atoms with Crippen LogP contribution in [0.3, 0.4) is 0 Å². The standard InChI is InChI=1S/C6H13S/c1-4-6(5-2)7-3/h6H,3-5H2,1-2H3. The van der Waals surface area contributed by atoms with Gasteiger partial charge in [-0.2, -0.15) is 11.8 Å². The predicted octanol–water partition coefficient (Wildman–Crippen LogP) is 2.70. The topological polar surface area (TPSA) is 0 Å². The largest absolute Gasteiger partial charge is 0.158 e. The Hall–Kier alpha value is 0.350. The van der Waals surface area contributed by atoms with Gasteiger partial charge in [0.1, 0.15) is 0 Å². The number of hydrogen-bond acceptors (Lipinski definition) is 1. The summed E-state index contributed by atoms with van der Waals surface area (Å²) in [6, 6.07) is 0.